The molecule has 0 saturated carbocycles. The third-order valence-electron chi connectivity index (χ3n) is 2.43. The minimum atomic E-state index is -0.287. The number of hydrogen-bond donors (Lipinski definition) is 2. The number of rotatable bonds is 2. The van der Waals surface area contributed by atoms with Gasteiger partial charge in [0.15, 0.2) is 0 Å². The van der Waals surface area contributed by atoms with Gasteiger partial charge in [0, 0.05) is 5.56 Å². The van der Waals surface area contributed by atoms with Gasteiger partial charge in [-0.15, -0.1) is 0 Å². The van der Waals surface area contributed by atoms with Crippen molar-refractivity contribution in [3.05, 3.63) is 53.8 Å². The molecular weight excluding hydrogens is 207 g/mol. The van der Waals surface area contributed by atoms with E-state index >= 15 is 0 Å². The predicted molar refractivity (Wildman–Crippen MR) is 59.4 cm³/mol. The van der Waals surface area contributed by atoms with E-state index in [0.29, 0.717) is 5.56 Å². The molecule has 0 aliphatic rings. The lowest BCUT2D eigenvalue weighted by atomic mass is 10.0. The van der Waals surface area contributed by atoms with Crippen LogP contribution in [0.4, 0.5) is 4.39 Å². The normalized spacial score (nSPS) is 10.4. The minimum Gasteiger partial charge on any atom is -0.508 e. The number of hydrogen-bond acceptors (Lipinski definition) is 2. The molecule has 2 nitrogen and oxygen atoms in total. The fraction of sp³-hybridized carbons (Fsp3) is 0.0769. The summed E-state index contributed by atoms with van der Waals surface area (Å²) < 4.78 is 12.7. The van der Waals surface area contributed by atoms with E-state index in [4.69, 9.17) is 5.11 Å². The maximum Gasteiger partial charge on any atom is 0.123 e. The van der Waals surface area contributed by atoms with Crippen LogP contribution in [0.1, 0.15) is 5.56 Å². The molecule has 2 aromatic rings. The first-order chi connectivity index (χ1) is 7.70. The Hall–Kier alpha value is -1.87. The SMILES string of the molecule is OCc1cc(-c2ccc(F)cc2)ccc1O. The second kappa shape index (κ2) is 4.33. The Bertz CT molecular complexity index is 492. The quantitative estimate of drug-likeness (QED) is 0.813. The maximum absolute atomic E-state index is 12.7. The molecule has 0 amide bonds. The zero-order chi connectivity index (χ0) is 11.5. The van der Waals surface area contributed by atoms with Crippen LogP contribution in [-0.4, -0.2) is 10.2 Å². The van der Waals surface area contributed by atoms with Crippen LogP contribution in [0.3, 0.4) is 0 Å². The van der Waals surface area contributed by atoms with Gasteiger partial charge in [-0.3, -0.25) is 0 Å². The molecule has 0 aliphatic carbocycles. The number of aromatic hydroxyl groups is 1. The summed E-state index contributed by atoms with van der Waals surface area (Å²) in [6.07, 6.45) is 0. The summed E-state index contributed by atoms with van der Waals surface area (Å²) in [5.41, 5.74) is 2.14. The minimum absolute atomic E-state index is 0.0633. The summed E-state index contributed by atoms with van der Waals surface area (Å²) in [6.45, 7) is -0.221. The lowest BCUT2D eigenvalue weighted by molar-refractivity contribution is 0.275. The van der Waals surface area contributed by atoms with E-state index in [-0.39, 0.29) is 18.2 Å². The highest BCUT2D eigenvalue weighted by molar-refractivity contribution is 5.65. The second-order valence-corrected chi connectivity index (χ2v) is 3.51. The van der Waals surface area contributed by atoms with Crippen molar-refractivity contribution in [2.45, 2.75) is 6.61 Å². The largest absolute Gasteiger partial charge is 0.508 e. The van der Waals surface area contributed by atoms with Gasteiger partial charge in [0.25, 0.3) is 0 Å². The van der Waals surface area contributed by atoms with Crippen LogP contribution in [0.25, 0.3) is 11.1 Å². The second-order valence-electron chi connectivity index (χ2n) is 3.51. The Balaban J connectivity index is 2.44. The first kappa shape index (κ1) is 10.6. The van der Waals surface area contributed by atoms with Crippen molar-refractivity contribution in [3.8, 4) is 16.9 Å². The molecule has 0 unspecified atom stereocenters. The summed E-state index contributed by atoms with van der Waals surface area (Å²) in [6, 6.07) is 11.0. The van der Waals surface area contributed by atoms with Crippen molar-refractivity contribution in [2.24, 2.45) is 0 Å². The number of halogens is 1. The first-order valence-corrected chi connectivity index (χ1v) is 4.89. The van der Waals surface area contributed by atoms with Gasteiger partial charge in [-0.2, -0.15) is 0 Å². The topological polar surface area (TPSA) is 40.5 Å². The van der Waals surface area contributed by atoms with Gasteiger partial charge >= 0.3 is 0 Å². The van der Waals surface area contributed by atoms with Gasteiger partial charge in [0.05, 0.1) is 6.61 Å². The van der Waals surface area contributed by atoms with E-state index in [1.54, 1.807) is 24.3 Å². The molecule has 0 bridgehead atoms. The molecule has 0 radical (unpaired) electrons. The Morgan fingerprint density at radius 1 is 0.938 bits per heavy atom. The van der Waals surface area contributed by atoms with E-state index in [1.165, 1.54) is 18.2 Å². The molecule has 0 heterocycles. The van der Waals surface area contributed by atoms with Crippen molar-refractivity contribution in [1.29, 1.82) is 0 Å². The third-order valence-corrected chi connectivity index (χ3v) is 2.43. The van der Waals surface area contributed by atoms with Gasteiger partial charge in [0.1, 0.15) is 11.6 Å². The van der Waals surface area contributed by atoms with E-state index in [1.807, 2.05) is 0 Å². The number of phenols is 1. The molecule has 0 fully saturated rings. The van der Waals surface area contributed by atoms with Gasteiger partial charge in [-0.05, 0) is 35.4 Å². The fourth-order valence-corrected chi connectivity index (χ4v) is 1.53. The summed E-state index contributed by atoms with van der Waals surface area (Å²) in [4.78, 5) is 0. The molecule has 3 heteroatoms. The van der Waals surface area contributed by atoms with Crippen LogP contribution in [0.5, 0.6) is 5.75 Å². The van der Waals surface area contributed by atoms with Crippen LogP contribution in [0.15, 0.2) is 42.5 Å². The van der Waals surface area contributed by atoms with E-state index < -0.39 is 0 Å². The van der Waals surface area contributed by atoms with Crippen molar-refractivity contribution in [1.82, 2.24) is 0 Å². The fourth-order valence-electron chi connectivity index (χ4n) is 1.53. The summed E-state index contributed by atoms with van der Waals surface area (Å²) in [5, 5.41) is 18.4. The zero-order valence-corrected chi connectivity index (χ0v) is 8.52. The summed E-state index contributed by atoms with van der Waals surface area (Å²) >= 11 is 0. The summed E-state index contributed by atoms with van der Waals surface area (Å²) in [7, 11) is 0. The molecule has 16 heavy (non-hydrogen) atoms. The van der Waals surface area contributed by atoms with Gasteiger partial charge in [-0.25, -0.2) is 4.39 Å². The average Bonchev–Trinajstić information content (AvgIpc) is 2.31. The van der Waals surface area contributed by atoms with Crippen molar-refractivity contribution in [3.63, 3.8) is 0 Å². The van der Waals surface area contributed by atoms with Crippen molar-refractivity contribution < 1.29 is 14.6 Å². The van der Waals surface area contributed by atoms with Gasteiger partial charge in [-0.1, -0.05) is 18.2 Å². The molecule has 0 aliphatic heterocycles. The molecular formula is C13H11FO2. The highest BCUT2D eigenvalue weighted by Crippen LogP contribution is 2.26. The van der Waals surface area contributed by atoms with Gasteiger partial charge in [0.2, 0.25) is 0 Å². The van der Waals surface area contributed by atoms with Crippen molar-refractivity contribution in [2.75, 3.05) is 0 Å². The maximum atomic E-state index is 12.7. The molecule has 0 atom stereocenters. The van der Waals surface area contributed by atoms with Crippen LogP contribution in [-0.2, 0) is 6.61 Å². The van der Waals surface area contributed by atoms with Crippen LogP contribution < -0.4 is 0 Å². The van der Waals surface area contributed by atoms with Crippen molar-refractivity contribution >= 4 is 0 Å². The lowest BCUT2D eigenvalue weighted by Crippen LogP contribution is -1.86. The zero-order valence-electron chi connectivity index (χ0n) is 8.52. The molecule has 2 aromatic carbocycles. The smallest absolute Gasteiger partial charge is 0.123 e. The lowest BCUT2D eigenvalue weighted by Gasteiger charge is -2.05. The predicted octanol–water partition coefficient (Wildman–Crippen LogP) is 2.69. The van der Waals surface area contributed by atoms with E-state index in [9.17, 15) is 9.50 Å². The highest BCUT2D eigenvalue weighted by atomic mass is 19.1. The van der Waals surface area contributed by atoms with E-state index in [2.05, 4.69) is 0 Å². The molecule has 0 saturated heterocycles. The summed E-state index contributed by atoms with van der Waals surface area (Å²) in [5.74, 6) is -0.224. The molecule has 82 valence electrons. The third kappa shape index (κ3) is 2.04. The standard InChI is InChI=1S/C13H11FO2/c14-12-4-1-9(2-5-12)10-3-6-13(16)11(7-10)8-15/h1-7,15-16H,8H2. The van der Waals surface area contributed by atoms with E-state index in [0.717, 1.165) is 11.1 Å². The number of aliphatic hydroxyl groups excluding tert-OH is 1. The molecule has 0 spiro atoms. The Labute approximate surface area is 92.6 Å². The van der Waals surface area contributed by atoms with Crippen LogP contribution >= 0.6 is 0 Å². The molecule has 2 rings (SSSR count). The average molecular weight is 218 g/mol. The van der Waals surface area contributed by atoms with Crippen LogP contribution in [0, 0.1) is 5.82 Å². The number of aliphatic hydroxyl groups is 1. The molecule has 0 aromatic heterocycles. The monoisotopic (exact) mass is 218 g/mol. The van der Waals surface area contributed by atoms with Crippen LogP contribution in [0.2, 0.25) is 0 Å². The molecule has 2 N–H and O–H groups in total. The Morgan fingerprint density at radius 2 is 1.56 bits per heavy atom. The number of benzene rings is 2. The Morgan fingerprint density at radius 3 is 2.19 bits per heavy atom. The first-order valence-electron chi connectivity index (χ1n) is 4.89. The Kier molecular flexibility index (Phi) is 2.88. The van der Waals surface area contributed by atoms with Gasteiger partial charge < -0.3 is 10.2 Å². The highest BCUT2D eigenvalue weighted by Gasteiger charge is 2.03.